The van der Waals surface area contributed by atoms with Gasteiger partial charge in [0.2, 0.25) is 23.8 Å². The number of aromatic nitrogens is 3. The van der Waals surface area contributed by atoms with E-state index in [0.717, 1.165) is 25.7 Å². The molecule has 0 spiro atoms. The van der Waals surface area contributed by atoms with Crippen LogP contribution in [-0.2, 0) is 4.79 Å². The van der Waals surface area contributed by atoms with Gasteiger partial charge in [0, 0.05) is 6.04 Å². The standard InChI is InChI=1S/C24H27F2N7O/c1-15(21(34)28-16-9-3-2-4-10-16)27-22-31-23(29-19-13-7-5-11-17(19)25)33-24(32-22)30-20-14-8-6-12-18(20)26/h5-8,11-16H,2-4,9-10H2,1H3,(H,28,34)(H3,27,29,30,31,32,33)/t15-/m0/s1. The van der Waals surface area contributed by atoms with Gasteiger partial charge in [-0.1, -0.05) is 43.5 Å². The van der Waals surface area contributed by atoms with Crippen molar-refractivity contribution in [1.29, 1.82) is 0 Å². The Hall–Kier alpha value is -3.82. The summed E-state index contributed by atoms with van der Waals surface area (Å²) in [7, 11) is 0. The molecule has 10 heteroatoms. The van der Waals surface area contributed by atoms with Gasteiger partial charge < -0.3 is 21.3 Å². The zero-order valence-electron chi connectivity index (χ0n) is 18.8. The summed E-state index contributed by atoms with van der Waals surface area (Å²) < 4.78 is 28.3. The number of amides is 1. The van der Waals surface area contributed by atoms with E-state index in [1.165, 1.54) is 30.7 Å². The van der Waals surface area contributed by atoms with Gasteiger partial charge in [-0.3, -0.25) is 4.79 Å². The van der Waals surface area contributed by atoms with Crippen LogP contribution in [0.1, 0.15) is 39.0 Å². The second kappa shape index (κ2) is 10.9. The lowest BCUT2D eigenvalue weighted by Crippen LogP contribution is -2.44. The fourth-order valence-electron chi connectivity index (χ4n) is 3.75. The lowest BCUT2D eigenvalue weighted by atomic mass is 9.95. The van der Waals surface area contributed by atoms with Crippen LogP contribution in [0.25, 0.3) is 0 Å². The predicted octanol–water partition coefficient (Wildman–Crippen LogP) is 4.89. The zero-order chi connectivity index (χ0) is 23.9. The van der Waals surface area contributed by atoms with Gasteiger partial charge in [-0.05, 0) is 44.0 Å². The highest BCUT2D eigenvalue weighted by Gasteiger charge is 2.21. The van der Waals surface area contributed by atoms with E-state index in [0.29, 0.717) is 0 Å². The van der Waals surface area contributed by atoms with E-state index in [1.807, 2.05) is 0 Å². The van der Waals surface area contributed by atoms with E-state index in [9.17, 15) is 13.6 Å². The summed E-state index contributed by atoms with van der Waals surface area (Å²) in [5.41, 5.74) is 0.333. The molecule has 0 bridgehead atoms. The molecule has 3 aromatic rings. The molecule has 4 N–H and O–H groups in total. The van der Waals surface area contributed by atoms with Gasteiger partial charge in [-0.15, -0.1) is 0 Å². The van der Waals surface area contributed by atoms with E-state index >= 15 is 0 Å². The SMILES string of the molecule is C[C@H](Nc1nc(Nc2ccccc2F)nc(Nc2ccccc2F)n1)C(=O)NC1CCCCC1. The van der Waals surface area contributed by atoms with Crippen LogP contribution in [0.5, 0.6) is 0 Å². The number of nitrogens with zero attached hydrogens (tertiary/aromatic N) is 3. The van der Waals surface area contributed by atoms with Crippen LogP contribution in [0, 0.1) is 11.6 Å². The first-order valence-electron chi connectivity index (χ1n) is 11.3. The third kappa shape index (κ3) is 6.15. The Balaban J connectivity index is 1.55. The zero-order valence-corrected chi connectivity index (χ0v) is 18.8. The monoisotopic (exact) mass is 467 g/mol. The topological polar surface area (TPSA) is 104 Å². The third-order valence-electron chi connectivity index (χ3n) is 5.57. The summed E-state index contributed by atoms with van der Waals surface area (Å²) in [6.45, 7) is 1.70. The maximum Gasteiger partial charge on any atom is 0.242 e. The number of carbonyl (C=O) groups is 1. The molecule has 1 aromatic heterocycles. The van der Waals surface area contributed by atoms with Crippen molar-refractivity contribution in [3.8, 4) is 0 Å². The number of benzene rings is 2. The first-order valence-corrected chi connectivity index (χ1v) is 11.3. The van der Waals surface area contributed by atoms with Gasteiger partial charge in [0.25, 0.3) is 0 Å². The Labute approximate surface area is 196 Å². The average molecular weight is 468 g/mol. The van der Waals surface area contributed by atoms with Gasteiger partial charge in [-0.2, -0.15) is 15.0 Å². The van der Waals surface area contributed by atoms with Crippen molar-refractivity contribution in [3.05, 3.63) is 60.2 Å². The average Bonchev–Trinajstić information content (AvgIpc) is 2.82. The van der Waals surface area contributed by atoms with Crippen LogP contribution in [0.4, 0.5) is 38.0 Å². The lowest BCUT2D eigenvalue weighted by Gasteiger charge is -2.24. The molecule has 1 aliphatic rings. The van der Waals surface area contributed by atoms with Gasteiger partial charge in [0.1, 0.15) is 17.7 Å². The summed E-state index contributed by atoms with van der Waals surface area (Å²) in [4.78, 5) is 25.5. The minimum absolute atomic E-state index is 0.0290. The molecule has 1 atom stereocenters. The molecule has 0 aliphatic heterocycles. The number of hydrogen-bond acceptors (Lipinski definition) is 7. The van der Waals surface area contributed by atoms with E-state index < -0.39 is 17.7 Å². The van der Waals surface area contributed by atoms with Crippen molar-refractivity contribution in [2.45, 2.75) is 51.1 Å². The predicted molar refractivity (Wildman–Crippen MR) is 127 cm³/mol. The Morgan fingerprint density at radius 1 is 0.824 bits per heavy atom. The van der Waals surface area contributed by atoms with E-state index in [-0.39, 0.29) is 41.2 Å². The first-order chi connectivity index (χ1) is 16.5. The van der Waals surface area contributed by atoms with Crippen LogP contribution in [0.3, 0.4) is 0 Å². The quantitative estimate of drug-likeness (QED) is 0.374. The van der Waals surface area contributed by atoms with E-state index in [1.54, 1.807) is 31.2 Å². The molecular weight excluding hydrogens is 440 g/mol. The van der Waals surface area contributed by atoms with Crippen molar-refractivity contribution in [2.24, 2.45) is 0 Å². The molecule has 0 radical (unpaired) electrons. The summed E-state index contributed by atoms with van der Waals surface area (Å²) >= 11 is 0. The summed E-state index contributed by atoms with van der Waals surface area (Å²) in [5, 5.41) is 11.7. The van der Waals surface area contributed by atoms with E-state index in [2.05, 4.69) is 36.2 Å². The van der Waals surface area contributed by atoms with Gasteiger partial charge in [0.05, 0.1) is 11.4 Å². The molecule has 1 fully saturated rings. The Bertz CT molecular complexity index is 1070. The molecule has 1 amide bonds. The number of carbonyl (C=O) groups excluding carboxylic acids is 1. The molecule has 178 valence electrons. The Kier molecular flexibility index (Phi) is 7.46. The summed E-state index contributed by atoms with van der Waals surface area (Å²) in [6, 6.07) is 11.7. The second-order valence-corrected chi connectivity index (χ2v) is 8.23. The maximum atomic E-state index is 14.1. The molecule has 2 aromatic carbocycles. The fourth-order valence-corrected chi connectivity index (χ4v) is 3.75. The minimum atomic E-state index is -0.632. The van der Waals surface area contributed by atoms with Gasteiger partial charge >= 0.3 is 0 Å². The van der Waals surface area contributed by atoms with Crippen molar-refractivity contribution < 1.29 is 13.6 Å². The van der Waals surface area contributed by atoms with Gasteiger partial charge in [-0.25, -0.2) is 8.78 Å². The molecule has 0 saturated heterocycles. The molecule has 0 unspecified atom stereocenters. The van der Waals surface area contributed by atoms with Crippen LogP contribution < -0.4 is 21.3 Å². The fraction of sp³-hybridized carbons (Fsp3) is 0.333. The molecule has 4 rings (SSSR count). The third-order valence-corrected chi connectivity index (χ3v) is 5.57. The smallest absolute Gasteiger partial charge is 0.242 e. The van der Waals surface area contributed by atoms with Crippen molar-refractivity contribution >= 4 is 35.1 Å². The number of para-hydroxylation sites is 2. The molecule has 34 heavy (non-hydrogen) atoms. The number of halogens is 2. The van der Waals surface area contributed by atoms with Crippen molar-refractivity contribution in [2.75, 3.05) is 16.0 Å². The molecule has 1 saturated carbocycles. The highest BCUT2D eigenvalue weighted by molar-refractivity contribution is 5.84. The van der Waals surface area contributed by atoms with Crippen LogP contribution in [-0.4, -0.2) is 32.9 Å². The Morgan fingerprint density at radius 2 is 1.32 bits per heavy atom. The van der Waals surface area contributed by atoms with Crippen LogP contribution in [0.2, 0.25) is 0 Å². The van der Waals surface area contributed by atoms with Crippen molar-refractivity contribution in [1.82, 2.24) is 20.3 Å². The van der Waals surface area contributed by atoms with Crippen LogP contribution >= 0.6 is 0 Å². The first kappa shape index (κ1) is 23.3. The molecular formula is C24H27F2N7O. The van der Waals surface area contributed by atoms with Crippen molar-refractivity contribution in [3.63, 3.8) is 0 Å². The normalized spacial score (nSPS) is 14.8. The Morgan fingerprint density at radius 3 is 1.85 bits per heavy atom. The number of hydrogen-bond donors (Lipinski definition) is 4. The highest BCUT2D eigenvalue weighted by Crippen LogP contribution is 2.22. The molecule has 1 aliphatic carbocycles. The summed E-state index contributed by atoms with van der Waals surface area (Å²) in [6.07, 6.45) is 5.35. The second-order valence-electron chi connectivity index (χ2n) is 8.23. The molecule has 1 heterocycles. The van der Waals surface area contributed by atoms with Crippen LogP contribution in [0.15, 0.2) is 48.5 Å². The summed E-state index contributed by atoms with van der Waals surface area (Å²) in [5.74, 6) is -0.997. The minimum Gasteiger partial charge on any atom is -0.352 e. The largest absolute Gasteiger partial charge is 0.352 e. The number of anilines is 5. The molecule has 8 nitrogen and oxygen atoms in total. The number of nitrogens with one attached hydrogen (secondary N) is 4. The lowest BCUT2D eigenvalue weighted by molar-refractivity contribution is -0.122. The maximum absolute atomic E-state index is 14.1. The van der Waals surface area contributed by atoms with E-state index in [4.69, 9.17) is 0 Å². The number of rotatable bonds is 8. The van der Waals surface area contributed by atoms with Gasteiger partial charge in [0.15, 0.2) is 0 Å². The highest BCUT2D eigenvalue weighted by atomic mass is 19.1.